The number of nitrogens with zero attached hydrogens (tertiary/aromatic N) is 7. The van der Waals surface area contributed by atoms with Crippen molar-refractivity contribution in [2.24, 2.45) is 0 Å². The van der Waals surface area contributed by atoms with E-state index in [0.717, 1.165) is 0 Å². The molecule has 3 heterocycles. The molecule has 2 N–H and O–H groups in total. The summed E-state index contributed by atoms with van der Waals surface area (Å²) < 4.78 is 13.4. The van der Waals surface area contributed by atoms with Crippen molar-refractivity contribution in [2.45, 2.75) is 0 Å². The number of nitrogens with two attached hydrogens (primary N) is 1. The van der Waals surface area contributed by atoms with Crippen LogP contribution in [0.5, 0.6) is 0 Å². The molecule has 0 amide bonds. The van der Waals surface area contributed by atoms with Crippen LogP contribution >= 0.6 is 0 Å². The van der Waals surface area contributed by atoms with Gasteiger partial charge in [0.05, 0.1) is 0 Å². The molecule has 0 spiro atoms. The Labute approximate surface area is 101 Å². The molecule has 96 valence electrons. The Bertz CT molecular complexity index is 742. The van der Waals surface area contributed by atoms with Crippen LogP contribution in [0.4, 0.5) is 11.6 Å². The first-order valence-corrected chi connectivity index (χ1v) is 4.56. The van der Waals surface area contributed by atoms with Crippen molar-refractivity contribution < 1.29 is 18.7 Å². The summed E-state index contributed by atoms with van der Waals surface area (Å²) in [6.07, 6.45) is 0. The lowest BCUT2D eigenvalue weighted by Gasteiger charge is -1.86. The van der Waals surface area contributed by atoms with Crippen molar-refractivity contribution in [1.82, 2.24) is 30.8 Å². The molecule has 13 heteroatoms. The van der Waals surface area contributed by atoms with E-state index >= 15 is 0 Å². The normalized spacial score (nSPS) is 10.7. The van der Waals surface area contributed by atoms with Crippen LogP contribution in [0, 0.1) is 10.1 Å². The number of nitro groups is 1. The molecular formula is C6H2N8O5. The number of nitrogen functional groups attached to an aromatic ring is 1. The molecular weight excluding hydrogens is 264 g/mol. The smallest absolute Gasteiger partial charge is 0.379 e. The van der Waals surface area contributed by atoms with Gasteiger partial charge in [0.1, 0.15) is 0 Å². The fraction of sp³-hybridized carbons (Fsp3) is 0. The molecule has 0 aliphatic heterocycles. The van der Waals surface area contributed by atoms with Gasteiger partial charge < -0.3 is 20.4 Å². The number of hydrogen-bond donors (Lipinski definition) is 1. The van der Waals surface area contributed by atoms with E-state index < -0.39 is 10.7 Å². The van der Waals surface area contributed by atoms with Crippen LogP contribution < -0.4 is 5.73 Å². The molecule has 0 fully saturated rings. The van der Waals surface area contributed by atoms with Gasteiger partial charge in [0, 0.05) is 0 Å². The monoisotopic (exact) mass is 266 g/mol. The van der Waals surface area contributed by atoms with Gasteiger partial charge in [-0.2, -0.15) is 4.98 Å². The van der Waals surface area contributed by atoms with Gasteiger partial charge in [0.15, 0.2) is 16.7 Å². The van der Waals surface area contributed by atoms with E-state index in [-0.39, 0.29) is 28.9 Å². The summed E-state index contributed by atoms with van der Waals surface area (Å²) >= 11 is 0. The average Bonchev–Trinajstić information content (AvgIpc) is 3.06. The zero-order chi connectivity index (χ0) is 13.4. The number of aromatic nitrogens is 6. The van der Waals surface area contributed by atoms with Crippen molar-refractivity contribution in [3.05, 3.63) is 10.1 Å². The topological polar surface area (TPSA) is 186 Å². The minimum atomic E-state index is -0.804. The summed E-state index contributed by atoms with van der Waals surface area (Å²) in [6.45, 7) is 0. The van der Waals surface area contributed by atoms with Gasteiger partial charge in [-0.05, 0) is 20.4 Å². The standard InChI is InChI=1S/C6H2N8O5/c7-3-1(9-18-11-3)4-8-6(17-12-4)2-5(14(15)16)13-19-10-2/h(H2,7,11). The first-order valence-electron chi connectivity index (χ1n) is 4.56. The van der Waals surface area contributed by atoms with E-state index in [9.17, 15) is 10.1 Å². The van der Waals surface area contributed by atoms with Gasteiger partial charge in [-0.25, -0.2) is 4.63 Å². The van der Waals surface area contributed by atoms with Crippen LogP contribution in [-0.2, 0) is 0 Å². The zero-order valence-corrected chi connectivity index (χ0v) is 8.75. The molecule has 0 aromatic carbocycles. The molecule has 0 saturated carbocycles. The van der Waals surface area contributed by atoms with E-state index in [1.165, 1.54) is 0 Å². The Hall–Kier alpha value is -3.38. The highest BCUT2D eigenvalue weighted by Gasteiger charge is 2.29. The maximum absolute atomic E-state index is 10.6. The molecule has 13 nitrogen and oxygen atoms in total. The molecule has 0 saturated heterocycles. The Morgan fingerprint density at radius 1 is 1.05 bits per heavy atom. The van der Waals surface area contributed by atoms with E-state index in [0.29, 0.717) is 0 Å². The van der Waals surface area contributed by atoms with Gasteiger partial charge in [0.25, 0.3) is 11.6 Å². The van der Waals surface area contributed by atoms with E-state index in [1.807, 2.05) is 0 Å². The molecule has 3 rings (SSSR count). The first kappa shape index (κ1) is 10.8. The second-order valence-electron chi connectivity index (χ2n) is 3.11. The van der Waals surface area contributed by atoms with Gasteiger partial charge in [-0.1, -0.05) is 5.16 Å². The molecule has 0 bridgehead atoms. The predicted octanol–water partition coefficient (Wildman–Crippen LogP) is -0.340. The lowest BCUT2D eigenvalue weighted by atomic mass is 10.4. The lowest BCUT2D eigenvalue weighted by Crippen LogP contribution is -1.92. The average molecular weight is 266 g/mol. The second-order valence-corrected chi connectivity index (χ2v) is 3.11. The molecule has 0 unspecified atom stereocenters. The van der Waals surface area contributed by atoms with E-state index in [2.05, 4.69) is 40.0 Å². The number of anilines is 1. The summed E-state index contributed by atoms with van der Waals surface area (Å²) in [6, 6.07) is 0. The Morgan fingerprint density at radius 3 is 2.47 bits per heavy atom. The molecule has 0 atom stereocenters. The highest BCUT2D eigenvalue weighted by Crippen LogP contribution is 2.27. The quantitative estimate of drug-likeness (QED) is 0.480. The van der Waals surface area contributed by atoms with Crippen molar-refractivity contribution >= 4 is 11.6 Å². The molecule has 3 aromatic rings. The summed E-state index contributed by atoms with van der Waals surface area (Å²) in [5.41, 5.74) is 5.16. The summed E-state index contributed by atoms with van der Waals surface area (Å²) in [5.74, 6) is -1.04. The van der Waals surface area contributed by atoms with Crippen LogP contribution in [0.15, 0.2) is 13.8 Å². The third-order valence-corrected chi connectivity index (χ3v) is 2.00. The fourth-order valence-corrected chi connectivity index (χ4v) is 1.20. The summed E-state index contributed by atoms with van der Waals surface area (Å²) in [7, 11) is 0. The van der Waals surface area contributed by atoms with Crippen molar-refractivity contribution in [2.75, 3.05) is 5.73 Å². The third kappa shape index (κ3) is 1.65. The molecule has 0 aliphatic carbocycles. The van der Waals surface area contributed by atoms with Gasteiger partial charge in [0.2, 0.25) is 5.82 Å². The van der Waals surface area contributed by atoms with Crippen molar-refractivity contribution in [1.29, 1.82) is 0 Å². The molecule has 0 radical (unpaired) electrons. The van der Waals surface area contributed by atoms with Crippen LogP contribution in [-0.4, -0.2) is 35.7 Å². The van der Waals surface area contributed by atoms with Crippen LogP contribution in [0.25, 0.3) is 23.1 Å². The lowest BCUT2D eigenvalue weighted by molar-refractivity contribution is -0.390. The summed E-state index contributed by atoms with van der Waals surface area (Å²) in [4.78, 5) is 13.6. The van der Waals surface area contributed by atoms with E-state index in [1.54, 1.807) is 0 Å². The van der Waals surface area contributed by atoms with Crippen LogP contribution in [0.2, 0.25) is 0 Å². The van der Waals surface area contributed by atoms with Crippen LogP contribution in [0.1, 0.15) is 0 Å². The zero-order valence-electron chi connectivity index (χ0n) is 8.75. The Balaban J connectivity index is 2.04. The maximum Gasteiger partial charge on any atom is 0.447 e. The molecule has 0 aliphatic rings. The van der Waals surface area contributed by atoms with Gasteiger partial charge in [-0.3, -0.25) is 0 Å². The number of rotatable bonds is 3. The predicted molar refractivity (Wildman–Crippen MR) is 51.9 cm³/mol. The summed E-state index contributed by atoms with van der Waals surface area (Å²) in [5, 5.41) is 27.3. The van der Waals surface area contributed by atoms with Crippen molar-refractivity contribution in [3.63, 3.8) is 0 Å². The molecule has 19 heavy (non-hydrogen) atoms. The third-order valence-electron chi connectivity index (χ3n) is 2.00. The van der Waals surface area contributed by atoms with Crippen molar-refractivity contribution in [3.8, 4) is 23.1 Å². The first-order chi connectivity index (χ1) is 9.16. The second kappa shape index (κ2) is 3.83. The maximum atomic E-state index is 10.6. The Kier molecular flexibility index (Phi) is 2.17. The van der Waals surface area contributed by atoms with Crippen LogP contribution in [0.3, 0.4) is 0 Å². The SMILES string of the molecule is Nc1nonc1-c1noc(-c2nonc2[N+](=O)[O-])n1. The highest BCUT2D eigenvalue weighted by molar-refractivity contribution is 5.64. The fourth-order valence-electron chi connectivity index (χ4n) is 1.20. The minimum absolute atomic E-state index is 0.0362. The van der Waals surface area contributed by atoms with Gasteiger partial charge in [-0.15, -0.1) is 4.63 Å². The van der Waals surface area contributed by atoms with Gasteiger partial charge >= 0.3 is 5.82 Å². The molecule has 3 aromatic heterocycles. The van der Waals surface area contributed by atoms with E-state index in [4.69, 9.17) is 10.3 Å². The highest BCUT2D eigenvalue weighted by atomic mass is 16.6. The Morgan fingerprint density at radius 2 is 1.79 bits per heavy atom. The largest absolute Gasteiger partial charge is 0.447 e. The number of hydrogen-bond acceptors (Lipinski definition) is 12. The minimum Gasteiger partial charge on any atom is -0.379 e.